The first-order chi connectivity index (χ1) is 6.74. The van der Waals surface area contributed by atoms with Crippen LogP contribution in [0.5, 0.6) is 0 Å². The van der Waals surface area contributed by atoms with Crippen molar-refractivity contribution < 1.29 is 4.21 Å². The predicted octanol–water partition coefficient (Wildman–Crippen LogP) is 3.20. The highest BCUT2D eigenvalue weighted by atomic mass is 32.2. The minimum absolute atomic E-state index is 0.245. The van der Waals surface area contributed by atoms with Gasteiger partial charge in [0, 0.05) is 21.5 Å². The molecule has 1 aromatic rings. The van der Waals surface area contributed by atoms with E-state index in [1.54, 1.807) is 5.41 Å². The van der Waals surface area contributed by atoms with Gasteiger partial charge in [0.05, 0.1) is 0 Å². The number of hydrogen-bond acceptors (Lipinski definition) is 1. The van der Waals surface area contributed by atoms with Crippen molar-refractivity contribution >= 4 is 16.9 Å². The van der Waals surface area contributed by atoms with Crippen LogP contribution in [0, 0.1) is 0 Å². The molecule has 0 bridgehead atoms. The minimum Gasteiger partial charge on any atom is -0.255 e. The van der Waals surface area contributed by atoms with Gasteiger partial charge < -0.3 is 0 Å². The Labute approximate surface area is 88.3 Å². The normalized spacial score (nSPS) is 15.6. The fraction of sp³-hybridized carbons (Fsp3) is 0.333. The zero-order chi connectivity index (χ0) is 10.4. The molecule has 76 valence electrons. The summed E-state index contributed by atoms with van der Waals surface area (Å²) in [6, 6.07) is 9.94. The third-order valence-corrected chi connectivity index (χ3v) is 3.70. The van der Waals surface area contributed by atoms with Crippen LogP contribution in [0.15, 0.2) is 35.7 Å². The largest absolute Gasteiger partial charge is 0.255 e. The molecule has 0 heterocycles. The molecule has 0 saturated carbocycles. The number of benzene rings is 1. The second-order valence-electron chi connectivity index (χ2n) is 3.26. The van der Waals surface area contributed by atoms with Gasteiger partial charge in [0.1, 0.15) is 0 Å². The molecule has 0 amide bonds. The molecular weight excluding hydrogens is 192 g/mol. The molecule has 1 rings (SSSR count). The van der Waals surface area contributed by atoms with E-state index in [4.69, 9.17) is 0 Å². The summed E-state index contributed by atoms with van der Waals surface area (Å²) in [5.74, 6) is 0. The van der Waals surface area contributed by atoms with Gasteiger partial charge in [0.2, 0.25) is 0 Å². The molecule has 0 N–H and O–H groups in total. The Balaban J connectivity index is 2.61. The first-order valence-electron chi connectivity index (χ1n) is 4.86. The molecule has 2 heteroatoms. The highest BCUT2D eigenvalue weighted by Gasteiger charge is 2.03. The maximum absolute atomic E-state index is 11.6. The summed E-state index contributed by atoms with van der Waals surface area (Å²) in [5, 5.41) is 2.03. The molecule has 0 aromatic heterocycles. The van der Waals surface area contributed by atoms with Crippen LogP contribution in [-0.4, -0.2) is 9.46 Å². The fourth-order valence-electron chi connectivity index (χ4n) is 1.01. The molecule has 2 atom stereocenters. The van der Waals surface area contributed by atoms with Crippen molar-refractivity contribution in [2.45, 2.75) is 25.5 Å². The quantitative estimate of drug-likeness (QED) is 0.742. The Morgan fingerprint density at radius 1 is 1.36 bits per heavy atom. The maximum atomic E-state index is 11.6. The van der Waals surface area contributed by atoms with E-state index in [1.165, 1.54) is 0 Å². The molecule has 2 unspecified atom stereocenters. The van der Waals surface area contributed by atoms with Gasteiger partial charge in [0.25, 0.3) is 0 Å². The third-order valence-electron chi connectivity index (χ3n) is 2.17. The minimum atomic E-state index is -0.846. The van der Waals surface area contributed by atoms with Crippen LogP contribution < -0.4 is 0 Å². The molecule has 1 nitrogen and oxygen atoms in total. The van der Waals surface area contributed by atoms with Gasteiger partial charge in [-0.15, -0.1) is 0 Å². The van der Waals surface area contributed by atoms with Gasteiger partial charge in [-0.2, -0.15) is 0 Å². The monoisotopic (exact) mass is 208 g/mol. The Morgan fingerprint density at radius 3 is 2.57 bits per heavy atom. The summed E-state index contributed by atoms with van der Waals surface area (Å²) < 4.78 is 11.6. The van der Waals surface area contributed by atoms with Crippen molar-refractivity contribution in [2.24, 2.45) is 0 Å². The van der Waals surface area contributed by atoms with E-state index < -0.39 is 10.8 Å². The Kier molecular flexibility index (Phi) is 4.60. The average molecular weight is 208 g/mol. The lowest BCUT2D eigenvalue weighted by molar-refractivity contribution is 0.676. The SMILES string of the molecule is CCC(C)S(=O)/C=C/c1ccccc1. The Morgan fingerprint density at radius 2 is 2.00 bits per heavy atom. The summed E-state index contributed by atoms with van der Waals surface area (Å²) in [4.78, 5) is 0. The second-order valence-corrected chi connectivity index (χ2v) is 4.99. The van der Waals surface area contributed by atoms with Gasteiger partial charge >= 0.3 is 0 Å². The maximum Gasteiger partial charge on any atom is 0.0484 e. The molecule has 14 heavy (non-hydrogen) atoms. The van der Waals surface area contributed by atoms with Crippen molar-refractivity contribution in [3.63, 3.8) is 0 Å². The molecule has 1 aromatic carbocycles. The third kappa shape index (κ3) is 3.46. The molecule has 0 aliphatic heterocycles. The standard InChI is InChI=1S/C12H16OS/c1-3-11(2)14(13)10-9-12-7-5-4-6-8-12/h4-11H,3H2,1-2H3/b10-9+. The van der Waals surface area contributed by atoms with Gasteiger partial charge in [-0.05, 0) is 18.1 Å². The molecule has 0 fully saturated rings. The Hall–Kier alpha value is -0.890. The van der Waals surface area contributed by atoms with Crippen LogP contribution in [-0.2, 0) is 10.8 Å². The van der Waals surface area contributed by atoms with Gasteiger partial charge in [-0.25, -0.2) is 0 Å². The first-order valence-corrected chi connectivity index (χ1v) is 6.14. The van der Waals surface area contributed by atoms with E-state index in [2.05, 4.69) is 6.92 Å². The topological polar surface area (TPSA) is 17.1 Å². The summed E-state index contributed by atoms with van der Waals surface area (Å²) in [6.07, 6.45) is 2.87. The van der Waals surface area contributed by atoms with E-state index in [-0.39, 0.29) is 5.25 Å². The van der Waals surface area contributed by atoms with Crippen LogP contribution in [0.3, 0.4) is 0 Å². The predicted molar refractivity (Wildman–Crippen MR) is 63.4 cm³/mol. The van der Waals surface area contributed by atoms with E-state index in [9.17, 15) is 4.21 Å². The van der Waals surface area contributed by atoms with E-state index in [1.807, 2.05) is 43.3 Å². The average Bonchev–Trinajstić information content (AvgIpc) is 2.26. The zero-order valence-electron chi connectivity index (χ0n) is 8.64. The highest BCUT2D eigenvalue weighted by Crippen LogP contribution is 2.06. The fourth-order valence-corrected chi connectivity index (χ4v) is 1.90. The molecule has 0 aliphatic rings. The molecule has 0 aliphatic carbocycles. The van der Waals surface area contributed by atoms with Gasteiger partial charge in [-0.3, -0.25) is 4.21 Å². The van der Waals surface area contributed by atoms with Crippen LogP contribution in [0.2, 0.25) is 0 Å². The van der Waals surface area contributed by atoms with Crippen molar-refractivity contribution in [1.29, 1.82) is 0 Å². The van der Waals surface area contributed by atoms with Crippen LogP contribution in [0.25, 0.3) is 6.08 Å². The van der Waals surface area contributed by atoms with Crippen molar-refractivity contribution in [2.75, 3.05) is 0 Å². The first kappa shape index (κ1) is 11.2. The lowest BCUT2D eigenvalue weighted by Crippen LogP contribution is -2.05. The molecular formula is C12H16OS. The number of hydrogen-bond donors (Lipinski definition) is 0. The summed E-state index contributed by atoms with van der Waals surface area (Å²) in [5.41, 5.74) is 1.10. The van der Waals surface area contributed by atoms with E-state index in [0.717, 1.165) is 12.0 Å². The van der Waals surface area contributed by atoms with Crippen molar-refractivity contribution in [3.05, 3.63) is 41.3 Å². The molecule has 0 spiro atoms. The lowest BCUT2D eigenvalue weighted by Gasteiger charge is -2.02. The smallest absolute Gasteiger partial charge is 0.0484 e. The number of rotatable bonds is 4. The van der Waals surface area contributed by atoms with Crippen LogP contribution in [0.4, 0.5) is 0 Å². The van der Waals surface area contributed by atoms with Crippen molar-refractivity contribution in [1.82, 2.24) is 0 Å². The van der Waals surface area contributed by atoms with Crippen LogP contribution in [0.1, 0.15) is 25.8 Å². The summed E-state index contributed by atoms with van der Waals surface area (Å²) in [6.45, 7) is 4.06. The molecule has 0 radical (unpaired) electrons. The van der Waals surface area contributed by atoms with E-state index in [0.29, 0.717) is 0 Å². The van der Waals surface area contributed by atoms with Gasteiger partial charge in [0.15, 0.2) is 0 Å². The lowest BCUT2D eigenvalue weighted by atomic mass is 10.2. The van der Waals surface area contributed by atoms with Crippen LogP contribution >= 0.6 is 0 Å². The molecule has 0 saturated heterocycles. The Bertz CT molecular complexity index is 316. The summed E-state index contributed by atoms with van der Waals surface area (Å²) in [7, 11) is -0.846. The van der Waals surface area contributed by atoms with Crippen molar-refractivity contribution in [3.8, 4) is 0 Å². The highest BCUT2D eigenvalue weighted by molar-refractivity contribution is 7.88. The zero-order valence-corrected chi connectivity index (χ0v) is 9.46. The van der Waals surface area contributed by atoms with E-state index >= 15 is 0 Å². The summed E-state index contributed by atoms with van der Waals surface area (Å²) >= 11 is 0. The second kappa shape index (κ2) is 5.76. The van der Waals surface area contributed by atoms with Gasteiger partial charge in [-0.1, -0.05) is 44.2 Å².